The van der Waals surface area contributed by atoms with Gasteiger partial charge in [0.2, 0.25) is 0 Å². The number of hydrogen-bond donors (Lipinski definition) is 2. The van der Waals surface area contributed by atoms with Crippen LogP contribution < -0.4 is 10.9 Å². The average Bonchev–Trinajstić information content (AvgIpc) is 2.97. The first kappa shape index (κ1) is 15.8. The van der Waals surface area contributed by atoms with E-state index in [-0.39, 0.29) is 11.8 Å². The number of nitrogens with one attached hydrogen (secondary N) is 2. The van der Waals surface area contributed by atoms with Gasteiger partial charge in [-0.3, -0.25) is 20.4 Å². The first-order chi connectivity index (χ1) is 10.6. The van der Waals surface area contributed by atoms with Crippen molar-refractivity contribution in [2.24, 2.45) is 7.05 Å². The maximum absolute atomic E-state index is 12.0. The molecule has 5 nitrogen and oxygen atoms in total. The van der Waals surface area contributed by atoms with Crippen LogP contribution in [0.5, 0.6) is 0 Å². The van der Waals surface area contributed by atoms with Crippen LogP contribution >= 0.6 is 0 Å². The highest BCUT2D eigenvalue weighted by Gasteiger charge is 2.11. The normalized spacial score (nSPS) is 10.3. The van der Waals surface area contributed by atoms with Crippen molar-refractivity contribution in [3.05, 3.63) is 59.4 Å². The van der Waals surface area contributed by atoms with E-state index in [1.54, 1.807) is 42.1 Å². The molecule has 0 aliphatic rings. The van der Waals surface area contributed by atoms with Crippen LogP contribution in [0.2, 0.25) is 0 Å². The zero-order valence-electron chi connectivity index (χ0n) is 12.9. The highest BCUT2D eigenvalue weighted by Crippen LogP contribution is 2.07. The number of nitrogens with zero attached hydrogens (tertiary/aromatic N) is 1. The molecule has 22 heavy (non-hydrogen) atoms. The number of aromatic nitrogens is 1. The molecule has 0 bridgehead atoms. The number of aryl methyl sites for hydroxylation is 2. The molecular formula is C17H21N3O2. The minimum absolute atomic E-state index is 0.329. The van der Waals surface area contributed by atoms with E-state index < -0.39 is 0 Å². The molecular weight excluding hydrogens is 278 g/mol. The number of rotatable bonds is 5. The van der Waals surface area contributed by atoms with Crippen molar-refractivity contribution in [1.29, 1.82) is 0 Å². The lowest BCUT2D eigenvalue weighted by Gasteiger charge is -2.08. The zero-order valence-corrected chi connectivity index (χ0v) is 12.9. The molecule has 1 heterocycles. The van der Waals surface area contributed by atoms with E-state index in [1.807, 2.05) is 12.1 Å². The third-order valence-corrected chi connectivity index (χ3v) is 3.50. The summed E-state index contributed by atoms with van der Waals surface area (Å²) in [6.45, 7) is 2.15. The van der Waals surface area contributed by atoms with Gasteiger partial charge < -0.3 is 4.57 Å². The monoisotopic (exact) mass is 299 g/mol. The van der Waals surface area contributed by atoms with Gasteiger partial charge >= 0.3 is 0 Å². The Labute approximate surface area is 130 Å². The molecule has 5 heteroatoms. The minimum atomic E-state index is -0.347. The predicted molar refractivity (Wildman–Crippen MR) is 85.4 cm³/mol. The average molecular weight is 299 g/mol. The molecule has 0 aliphatic carbocycles. The van der Waals surface area contributed by atoms with Crippen LogP contribution in [0.1, 0.15) is 46.2 Å². The minimum Gasteiger partial charge on any atom is -0.347 e. The molecule has 0 atom stereocenters. The maximum atomic E-state index is 12.0. The van der Waals surface area contributed by atoms with E-state index >= 15 is 0 Å². The number of carbonyl (C=O) groups excluding carboxylic acids is 2. The van der Waals surface area contributed by atoms with E-state index in [9.17, 15) is 9.59 Å². The largest absolute Gasteiger partial charge is 0.347 e. The maximum Gasteiger partial charge on any atom is 0.286 e. The van der Waals surface area contributed by atoms with Crippen LogP contribution in [0.25, 0.3) is 0 Å². The fourth-order valence-electron chi connectivity index (χ4n) is 2.15. The third-order valence-electron chi connectivity index (χ3n) is 3.50. The van der Waals surface area contributed by atoms with Gasteiger partial charge in [0, 0.05) is 18.8 Å². The molecule has 0 unspecified atom stereocenters. The summed E-state index contributed by atoms with van der Waals surface area (Å²) in [6, 6.07) is 10.9. The highest BCUT2D eigenvalue weighted by atomic mass is 16.2. The highest BCUT2D eigenvalue weighted by molar-refractivity contribution is 5.98. The van der Waals surface area contributed by atoms with Gasteiger partial charge in [-0.15, -0.1) is 0 Å². The third kappa shape index (κ3) is 3.97. The van der Waals surface area contributed by atoms with E-state index in [2.05, 4.69) is 17.8 Å². The predicted octanol–water partition coefficient (Wildman–Crippen LogP) is 2.44. The molecule has 116 valence electrons. The summed E-state index contributed by atoms with van der Waals surface area (Å²) in [7, 11) is 1.77. The van der Waals surface area contributed by atoms with Gasteiger partial charge in [0.25, 0.3) is 11.8 Å². The summed E-state index contributed by atoms with van der Waals surface area (Å²) in [6.07, 6.45) is 5.07. The summed E-state index contributed by atoms with van der Waals surface area (Å²) < 4.78 is 1.68. The molecule has 2 amide bonds. The summed E-state index contributed by atoms with van der Waals surface area (Å²) in [4.78, 5) is 23.9. The number of amides is 2. The molecule has 2 N–H and O–H groups in total. The number of carbonyl (C=O) groups is 2. The van der Waals surface area contributed by atoms with Crippen molar-refractivity contribution in [2.45, 2.75) is 26.2 Å². The van der Waals surface area contributed by atoms with Crippen LogP contribution in [0.3, 0.4) is 0 Å². The summed E-state index contributed by atoms with van der Waals surface area (Å²) in [5, 5.41) is 0. The van der Waals surface area contributed by atoms with Crippen LogP contribution in [0, 0.1) is 0 Å². The molecule has 2 aromatic rings. The van der Waals surface area contributed by atoms with Gasteiger partial charge in [-0.2, -0.15) is 0 Å². The van der Waals surface area contributed by atoms with Gasteiger partial charge in [0.15, 0.2) is 0 Å². The van der Waals surface area contributed by atoms with Crippen molar-refractivity contribution >= 4 is 11.8 Å². The molecule has 0 radical (unpaired) electrons. The molecule has 0 aliphatic heterocycles. The first-order valence-corrected chi connectivity index (χ1v) is 7.42. The second-order valence-electron chi connectivity index (χ2n) is 5.21. The fraction of sp³-hybridized carbons (Fsp3) is 0.294. The summed E-state index contributed by atoms with van der Waals surface area (Å²) >= 11 is 0. The Morgan fingerprint density at radius 3 is 2.32 bits per heavy atom. The van der Waals surface area contributed by atoms with Gasteiger partial charge in [0.05, 0.1) is 0 Å². The number of hydrazine groups is 1. The lowest BCUT2D eigenvalue weighted by Crippen LogP contribution is -2.42. The van der Waals surface area contributed by atoms with Crippen molar-refractivity contribution in [2.75, 3.05) is 0 Å². The van der Waals surface area contributed by atoms with Crippen molar-refractivity contribution < 1.29 is 9.59 Å². The number of benzene rings is 1. The summed E-state index contributed by atoms with van der Waals surface area (Å²) in [5.74, 6) is -0.676. The second-order valence-corrected chi connectivity index (χ2v) is 5.21. The summed E-state index contributed by atoms with van der Waals surface area (Å²) in [5.41, 5.74) is 7.06. The number of hydrogen-bond acceptors (Lipinski definition) is 2. The van der Waals surface area contributed by atoms with Crippen molar-refractivity contribution in [3.8, 4) is 0 Å². The Balaban J connectivity index is 1.89. The lowest BCUT2D eigenvalue weighted by molar-refractivity contribution is 0.0842. The quantitative estimate of drug-likeness (QED) is 0.833. The molecule has 0 saturated heterocycles. The SMILES string of the molecule is CCCCc1ccc(C(=O)NNC(=O)c2cccn2C)cc1. The van der Waals surface area contributed by atoms with Crippen LogP contribution in [0.4, 0.5) is 0 Å². The molecule has 0 spiro atoms. The Morgan fingerprint density at radius 1 is 1.05 bits per heavy atom. The Hall–Kier alpha value is -2.56. The first-order valence-electron chi connectivity index (χ1n) is 7.42. The molecule has 2 rings (SSSR count). The van der Waals surface area contributed by atoms with Crippen molar-refractivity contribution in [1.82, 2.24) is 15.4 Å². The van der Waals surface area contributed by atoms with Gasteiger partial charge in [-0.1, -0.05) is 25.5 Å². The zero-order chi connectivity index (χ0) is 15.9. The molecule has 0 fully saturated rings. The molecule has 1 aromatic carbocycles. The number of unbranched alkanes of at least 4 members (excludes halogenated alkanes) is 1. The smallest absolute Gasteiger partial charge is 0.286 e. The second kappa shape index (κ2) is 7.45. The van der Waals surface area contributed by atoms with Gasteiger partial charge in [0.1, 0.15) is 5.69 Å². The van der Waals surface area contributed by atoms with Crippen LogP contribution in [0.15, 0.2) is 42.6 Å². The van der Waals surface area contributed by atoms with E-state index in [1.165, 1.54) is 5.56 Å². The van der Waals surface area contributed by atoms with Gasteiger partial charge in [-0.05, 0) is 42.7 Å². The fourth-order valence-corrected chi connectivity index (χ4v) is 2.15. The molecule has 1 aromatic heterocycles. The van der Waals surface area contributed by atoms with E-state index in [0.29, 0.717) is 11.3 Å². The van der Waals surface area contributed by atoms with E-state index in [4.69, 9.17) is 0 Å². The van der Waals surface area contributed by atoms with Crippen LogP contribution in [-0.2, 0) is 13.5 Å². The van der Waals surface area contributed by atoms with Crippen molar-refractivity contribution in [3.63, 3.8) is 0 Å². The van der Waals surface area contributed by atoms with Crippen LogP contribution in [-0.4, -0.2) is 16.4 Å². The van der Waals surface area contributed by atoms with E-state index in [0.717, 1.165) is 19.3 Å². The Bertz CT molecular complexity index is 644. The lowest BCUT2D eigenvalue weighted by atomic mass is 10.1. The topological polar surface area (TPSA) is 63.1 Å². The molecule has 0 saturated carbocycles. The van der Waals surface area contributed by atoms with Gasteiger partial charge in [-0.25, -0.2) is 0 Å². The Morgan fingerprint density at radius 2 is 1.73 bits per heavy atom. The standard InChI is InChI=1S/C17H21N3O2/c1-3-4-6-13-8-10-14(11-9-13)16(21)18-19-17(22)15-7-5-12-20(15)2/h5,7-12H,3-4,6H2,1-2H3,(H,18,21)(H,19,22). The Kier molecular flexibility index (Phi) is 5.36.